The lowest BCUT2D eigenvalue weighted by molar-refractivity contribution is 0.146. The Morgan fingerprint density at radius 1 is 1.14 bits per heavy atom. The first kappa shape index (κ1) is 16.3. The molecule has 1 saturated carbocycles. The van der Waals surface area contributed by atoms with Gasteiger partial charge in [0.2, 0.25) is 0 Å². The Morgan fingerprint density at radius 2 is 1.90 bits per heavy atom. The summed E-state index contributed by atoms with van der Waals surface area (Å²) in [5.41, 5.74) is 1.45. The molecular formula is C18H29NO2. The standard InChI is InChI=1S/C18H29NO2/c1-4-10-19-18-13-17(16(18)5-2)14-6-8-15(9-7-14)21-12-11-20-3/h6-9,16-19H,4-5,10-13H2,1-3H3. The SMILES string of the molecule is CCCNC1CC(c2ccc(OCCOC)cc2)C1CC. The van der Waals surface area contributed by atoms with Gasteiger partial charge in [-0.25, -0.2) is 0 Å². The molecule has 0 bridgehead atoms. The maximum atomic E-state index is 5.62. The largest absolute Gasteiger partial charge is 0.491 e. The van der Waals surface area contributed by atoms with E-state index in [9.17, 15) is 0 Å². The minimum atomic E-state index is 0.611. The molecule has 2 rings (SSSR count). The highest BCUT2D eigenvalue weighted by Gasteiger charge is 2.39. The molecule has 0 aromatic heterocycles. The average molecular weight is 291 g/mol. The molecule has 1 N–H and O–H groups in total. The van der Waals surface area contributed by atoms with Gasteiger partial charge in [0.1, 0.15) is 12.4 Å². The maximum absolute atomic E-state index is 5.62. The van der Waals surface area contributed by atoms with Crippen molar-refractivity contribution in [2.45, 2.75) is 45.1 Å². The molecular weight excluding hydrogens is 262 g/mol. The van der Waals surface area contributed by atoms with Gasteiger partial charge in [-0.3, -0.25) is 0 Å². The molecule has 1 fully saturated rings. The van der Waals surface area contributed by atoms with Crippen molar-refractivity contribution in [3.63, 3.8) is 0 Å². The lowest BCUT2D eigenvalue weighted by Gasteiger charge is -2.45. The zero-order valence-electron chi connectivity index (χ0n) is 13.6. The minimum absolute atomic E-state index is 0.611. The molecule has 3 heteroatoms. The number of ether oxygens (including phenoxy) is 2. The summed E-state index contributed by atoms with van der Waals surface area (Å²) in [4.78, 5) is 0. The summed E-state index contributed by atoms with van der Waals surface area (Å²) in [6.45, 7) is 6.92. The Bertz CT molecular complexity index is 404. The third kappa shape index (κ3) is 4.21. The molecule has 0 amide bonds. The fraction of sp³-hybridized carbons (Fsp3) is 0.667. The second kappa shape index (κ2) is 8.40. The summed E-state index contributed by atoms with van der Waals surface area (Å²) < 4.78 is 10.6. The van der Waals surface area contributed by atoms with Crippen LogP contribution in [0, 0.1) is 5.92 Å². The van der Waals surface area contributed by atoms with Gasteiger partial charge in [0.15, 0.2) is 0 Å². The molecule has 0 aliphatic heterocycles. The summed E-state index contributed by atoms with van der Waals surface area (Å²) in [7, 11) is 1.69. The number of nitrogens with one attached hydrogen (secondary N) is 1. The molecule has 1 aliphatic rings. The van der Waals surface area contributed by atoms with Crippen molar-refractivity contribution >= 4 is 0 Å². The van der Waals surface area contributed by atoms with Crippen LogP contribution in [0.25, 0.3) is 0 Å². The maximum Gasteiger partial charge on any atom is 0.119 e. The van der Waals surface area contributed by atoms with E-state index in [2.05, 4.69) is 43.4 Å². The van der Waals surface area contributed by atoms with Crippen LogP contribution in [0.3, 0.4) is 0 Å². The van der Waals surface area contributed by atoms with Crippen molar-refractivity contribution in [2.75, 3.05) is 26.9 Å². The topological polar surface area (TPSA) is 30.5 Å². The van der Waals surface area contributed by atoms with Crippen LogP contribution in [0.2, 0.25) is 0 Å². The monoisotopic (exact) mass is 291 g/mol. The Balaban J connectivity index is 1.87. The fourth-order valence-electron chi connectivity index (χ4n) is 3.28. The zero-order chi connectivity index (χ0) is 15.1. The zero-order valence-corrected chi connectivity index (χ0v) is 13.6. The lowest BCUT2D eigenvalue weighted by atomic mass is 9.65. The molecule has 118 valence electrons. The van der Waals surface area contributed by atoms with Gasteiger partial charge in [0.05, 0.1) is 6.61 Å². The molecule has 0 spiro atoms. The Labute approximate surface area is 129 Å². The van der Waals surface area contributed by atoms with Crippen LogP contribution in [0.4, 0.5) is 0 Å². The first-order chi connectivity index (χ1) is 10.3. The number of benzene rings is 1. The highest BCUT2D eigenvalue weighted by Crippen LogP contribution is 2.44. The summed E-state index contributed by atoms with van der Waals surface area (Å²) in [6, 6.07) is 9.34. The number of hydrogen-bond acceptors (Lipinski definition) is 3. The fourth-order valence-corrected chi connectivity index (χ4v) is 3.28. The van der Waals surface area contributed by atoms with Crippen molar-refractivity contribution in [1.29, 1.82) is 0 Å². The van der Waals surface area contributed by atoms with Crippen molar-refractivity contribution in [3.8, 4) is 5.75 Å². The van der Waals surface area contributed by atoms with E-state index in [4.69, 9.17) is 9.47 Å². The van der Waals surface area contributed by atoms with Gasteiger partial charge in [0.25, 0.3) is 0 Å². The molecule has 1 aromatic carbocycles. The average Bonchev–Trinajstić information content (AvgIpc) is 2.48. The lowest BCUT2D eigenvalue weighted by Crippen LogP contribution is -2.49. The normalized spacial score (nSPS) is 24.6. The van der Waals surface area contributed by atoms with Crippen LogP contribution in [-0.2, 0) is 4.74 Å². The van der Waals surface area contributed by atoms with E-state index in [0.717, 1.165) is 18.2 Å². The third-order valence-electron chi connectivity index (χ3n) is 4.53. The van der Waals surface area contributed by atoms with E-state index in [1.54, 1.807) is 7.11 Å². The number of hydrogen-bond donors (Lipinski definition) is 1. The molecule has 1 aliphatic carbocycles. The Morgan fingerprint density at radius 3 is 2.52 bits per heavy atom. The minimum Gasteiger partial charge on any atom is -0.491 e. The molecule has 0 saturated heterocycles. The van der Waals surface area contributed by atoms with Gasteiger partial charge >= 0.3 is 0 Å². The predicted molar refractivity (Wildman–Crippen MR) is 87.0 cm³/mol. The van der Waals surface area contributed by atoms with Gasteiger partial charge in [-0.05, 0) is 48.9 Å². The number of rotatable bonds is 9. The van der Waals surface area contributed by atoms with E-state index < -0.39 is 0 Å². The van der Waals surface area contributed by atoms with Crippen LogP contribution in [0.5, 0.6) is 5.75 Å². The van der Waals surface area contributed by atoms with Crippen LogP contribution in [-0.4, -0.2) is 32.9 Å². The Hall–Kier alpha value is -1.06. The van der Waals surface area contributed by atoms with Gasteiger partial charge in [-0.1, -0.05) is 32.4 Å². The molecule has 0 heterocycles. The molecule has 3 nitrogen and oxygen atoms in total. The van der Waals surface area contributed by atoms with E-state index >= 15 is 0 Å². The molecule has 3 unspecified atom stereocenters. The van der Waals surface area contributed by atoms with Crippen molar-refractivity contribution in [1.82, 2.24) is 5.32 Å². The van der Waals surface area contributed by atoms with Gasteiger partial charge in [0, 0.05) is 13.2 Å². The number of methoxy groups -OCH3 is 1. The summed E-state index contributed by atoms with van der Waals surface area (Å²) in [6.07, 6.45) is 3.73. The van der Waals surface area contributed by atoms with E-state index in [1.807, 2.05) is 0 Å². The highest BCUT2D eigenvalue weighted by atomic mass is 16.5. The van der Waals surface area contributed by atoms with E-state index in [-0.39, 0.29) is 0 Å². The van der Waals surface area contributed by atoms with Gasteiger partial charge in [-0.15, -0.1) is 0 Å². The first-order valence-electron chi connectivity index (χ1n) is 8.25. The highest BCUT2D eigenvalue weighted by molar-refractivity contribution is 5.32. The second-order valence-corrected chi connectivity index (χ2v) is 5.89. The van der Waals surface area contributed by atoms with Crippen LogP contribution in [0.15, 0.2) is 24.3 Å². The quantitative estimate of drug-likeness (QED) is 0.705. The van der Waals surface area contributed by atoms with Crippen LogP contribution in [0.1, 0.15) is 44.6 Å². The summed E-state index contributed by atoms with van der Waals surface area (Å²) >= 11 is 0. The smallest absolute Gasteiger partial charge is 0.119 e. The third-order valence-corrected chi connectivity index (χ3v) is 4.53. The Kier molecular flexibility index (Phi) is 6.52. The van der Waals surface area contributed by atoms with Gasteiger partial charge in [-0.2, -0.15) is 0 Å². The van der Waals surface area contributed by atoms with Crippen molar-refractivity contribution in [2.24, 2.45) is 5.92 Å². The molecule has 3 atom stereocenters. The van der Waals surface area contributed by atoms with E-state index in [1.165, 1.54) is 24.8 Å². The molecule has 0 radical (unpaired) electrons. The molecule has 21 heavy (non-hydrogen) atoms. The van der Waals surface area contributed by atoms with Crippen molar-refractivity contribution < 1.29 is 9.47 Å². The first-order valence-corrected chi connectivity index (χ1v) is 8.25. The summed E-state index contributed by atoms with van der Waals surface area (Å²) in [5.74, 6) is 2.41. The predicted octanol–water partition coefficient (Wildman–Crippen LogP) is 3.59. The van der Waals surface area contributed by atoms with Crippen LogP contribution >= 0.6 is 0 Å². The van der Waals surface area contributed by atoms with Gasteiger partial charge < -0.3 is 14.8 Å². The van der Waals surface area contributed by atoms with E-state index in [0.29, 0.717) is 25.2 Å². The van der Waals surface area contributed by atoms with Crippen molar-refractivity contribution in [3.05, 3.63) is 29.8 Å². The second-order valence-electron chi connectivity index (χ2n) is 5.89. The summed E-state index contributed by atoms with van der Waals surface area (Å²) in [5, 5.41) is 3.68. The molecule has 1 aromatic rings. The van der Waals surface area contributed by atoms with Crippen LogP contribution < -0.4 is 10.1 Å².